The van der Waals surface area contributed by atoms with Crippen LogP contribution < -0.4 is 8.79 Å². The van der Waals surface area contributed by atoms with Gasteiger partial charge < -0.3 is 0 Å². The van der Waals surface area contributed by atoms with Gasteiger partial charge in [-0.3, -0.25) is 0 Å². The van der Waals surface area contributed by atoms with Gasteiger partial charge in [0.25, 0.3) is 0 Å². The first-order valence-electron chi connectivity index (χ1n) is 11.4. The van der Waals surface area contributed by atoms with E-state index in [0.29, 0.717) is 0 Å². The zero-order chi connectivity index (χ0) is 23.9. The summed E-state index contributed by atoms with van der Waals surface area (Å²) in [6.45, 7) is 27.5. The van der Waals surface area contributed by atoms with Crippen LogP contribution in [-0.4, -0.2) is 11.4 Å². The SMILES string of the molecule is CC(C)(C)c1cc2[c](c(C(C)(C)C)c1)[Ge]([Cl])([Cl])[c]1c-2cc(C(C)(C)C)cc1C(C)(C)C. The van der Waals surface area contributed by atoms with E-state index >= 15 is 0 Å². The van der Waals surface area contributed by atoms with Gasteiger partial charge in [0.05, 0.1) is 0 Å². The quantitative estimate of drug-likeness (QED) is 0.310. The Morgan fingerprint density at radius 2 is 0.774 bits per heavy atom. The van der Waals surface area contributed by atoms with Gasteiger partial charge in [0, 0.05) is 0 Å². The molecule has 0 fully saturated rings. The molecule has 0 nitrogen and oxygen atoms in total. The number of hydrogen-bond donors (Lipinski definition) is 0. The topological polar surface area (TPSA) is 0 Å². The molecule has 0 aliphatic carbocycles. The Bertz CT molecular complexity index is 950. The number of halogens is 2. The second-order valence-electron chi connectivity index (χ2n) is 13.5. The molecule has 170 valence electrons. The van der Waals surface area contributed by atoms with Crippen molar-refractivity contribution in [2.24, 2.45) is 0 Å². The summed E-state index contributed by atoms with van der Waals surface area (Å²) in [6.07, 6.45) is 0. The molecule has 0 spiro atoms. The van der Waals surface area contributed by atoms with Gasteiger partial charge in [0.15, 0.2) is 0 Å². The molecule has 3 rings (SSSR count). The van der Waals surface area contributed by atoms with Crippen LogP contribution in [0.5, 0.6) is 0 Å². The van der Waals surface area contributed by atoms with Gasteiger partial charge in [0.1, 0.15) is 0 Å². The molecule has 0 N–H and O–H groups in total. The fourth-order valence-electron chi connectivity index (χ4n) is 4.56. The maximum absolute atomic E-state index is 7.54. The monoisotopic (exact) mass is 520 g/mol. The van der Waals surface area contributed by atoms with Crippen LogP contribution in [0.4, 0.5) is 0 Å². The van der Waals surface area contributed by atoms with Crippen molar-refractivity contribution < 1.29 is 0 Å². The maximum atomic E-state index is 7.54. The van der Waals surface area contributed by atoms with Crippen molar-refractivity contribution in [3.05, 3.63) is 46.5 Å². The fourth-order valence-corrected chi connectivity index (χ4v) is 14.9. The van der Waals surface area contributed by atoms with Gasteiger partial charge in [-0.05, 0) is 0 Å². The molecule has 0 atom stereocenters. The Kier molecular flexibility index (Phi) is 5.91. The molecule has 1 heterocycles. The van der Waals surface area contributed by atoms with Crippen LogP contribution in [0.25, 0.3) is 11.1 Å². The van der Waals surface area contributed by atoms with Crippen LogP contribution in [0, 0.1) is 0 Å². The summed E-state index contributed by atoms with van der Waals surface area (Å²) in [4.78, 5) is 0. The molecule has 0 unspecified atom stereocenters. The first-order valence-corrected chi connectivity index (χ1v) is 19.0. The van der Waals surface area contributed by atoms with Gasteiger partial charge in [0.2, 0.25) is 0 Å². The van der Waals surface area contributed by atoms with Crippen LogP contribution in [0.1, 0.15) is 105 Å². The third kappa shape index (κ3) is 4.39. The van der Waals surface area contributed by atoms with E-state index in [4.69, 9.17) is 20.0 Å². The molecule has 1 aliphatic rings. The summed E-state index contributed by atoms with van der Waals surface area (Å²) in [5.41, 5.74) is 8.00. The van der Waals surface area contributed by atoms with Crippen LogP contribution >= 0.6 is 20.0 Å². The number of benzene rings is 2. The molecule has 3 heteroatoms. The van der Waals surface area contributed by atoms with Crippen LogP contribution in [-0.2, 0) is 21.7 Å². The van der Waals surface area contributed by atoms with E-state index in [2.05, 4.69) is 107 Å². The van der Waals surface area contributed by atoms with Crippen LogP contribution in [0.15, 0.2) is 24.3 Å². The molecule has 31 heavy (non-hydrogen) atoms. The van der Waals surface area contributed by atoms with Crippen LogP contribution in [0.2, 0.25) is 0 Å². The molecule has 0 bridgehead atoms. The van der Waals surface area contributed by atoms with Crippen molar-refractivity contribution in [3.8, 4) is 11.1 Å². The number of rotatable bonds is 0. The molecule has 0 saturated carbocycles. The fraction of sp³-hybridized carbons (Fsp3) is 0.571. The van der Waals surface area contributed by atoms with Gasteiger partial charge >= 0.3 is 203 Å². The van der Waals surface area contributed by atoms with Gasteiger partial charge in [-0.1, -0.05) is 0 Å². The minimum atomic E-state index is -3.55. The average Bonchev–Trinajstić information content (AvgIpc) is 2.78. The molecule has 0 aromatic heterocycles. The van der Waals surface area contributed by atoms with Crippen molar-refractivity contribution in [1.82, 2.24) is 0 Å². The van der Waals surface area contributed by atoms with E-state index < -0.39 is 11.4 Å². The third-order valence-corrected chi connectivity index (χ3v) is 15.4. The van der Waals surface area contributed by atoms with Crippen molar-refractivity contribution in [2.45, 2.75) is 105 Å². The molecule has 0 saturated heterocycles. The predicted molar refractivity (Wildman–Crippen MR) is 143 cm³/mol. The normalized spacial score (nSPS) is 16.3. The van der Waals surface area contributed by atoms with Crippen molar-refractivity contribution in [1.29, 1.82) is 0 Å². The molecule has 2 aromatic rings. The summed E-state index contributed by atoms with van der Waals surface area (Å²) in [5.74, 6) is 0. The minimum absolute atomic E-state index is 0.0254. The molecular weight excluding hydrogens is 480 g/mol. The van der Waals surface area contributed by atoms with Gasteiger partial charge in [-0.25, -0.2) is 0 Å². The van der Waals surface area contributed by atoms with E-state index in [1.54, 1.807) is 0 Å². The Morgan fingerprint density at radius 1 is 0.484 bits per heavy atom. The first-order chi connectivity index (χ1) is 13.7. The summed E-state index contributed by atoms with van der Waals surface area (Å²) in [5, 5.41) is 0. The number of fused-ring (bicyclic) bond motifs is 3. The Morgan fingerprint density at radius 3 is 1.00 bits per heavy atom. The molecule has 2 aromatic carbocycles. The Balaban J connectivity index is 2.56. The number of hydrogen-bond acceptors (Lipinski definition) is 0. The van der Waals surface area contributed by atoms with Crippen LogP contribution in [0.3, 0.4) is 0 Å². The van der Waals surface area contributed by atoms with E-state index in [1.165, 1.54) is 42.2 Å². The van der Waals surface area contributed by atoms with Crippen molar-refractivity contribution >= 4 is 40.2 Å². The summed E-state index contributed by atoms with van der Waals surface area (Å²) >= 11 is -3.55. The predicted octanol–water partition coefficient (Wildman–Crippen LogP) is 7.89. The third-order valence-electron chi connectivity index (χ3n) is 6.54. The molecule has 0 amide bonds. The van der Waals surface area contributed by atoms with Crippen molar-refractivity contribution in [2.75, 3.05) is 0 Å². The van der Waals surface area contributed by atoms with E-state index in [-0.39, 0.29) is 21.7 Å². The summed E-state index contributed by atoms with van der Waals surface area (Å²) in [6, 6.07) is 9.55. The summed E-state index contributed by atoms with van der Waals surface area (Å²) in [7, 11) is 15.1. The zero-order valence-corrected chi connectivity index (χ0v) is 25.2. The van der Waals surface area contributed by atoms with E-state index in [0.717, 1.165) is 0 Å². The van der Waals surface area contributed by atoms with Gasteiger partial charge in [-0.15, -0.1) is 0 Å². The molecule has 1 aliphatic heterocycles. The van der Waals surface area contributed by atoms with E-state index in [9.17, 15) is 0 Å². The Hall–Kier alpha value is -0.437. The average molecular weight is 520 g/mol. The first kappa shape index (κ1) is 25.2. The molecular formula is C28H40Cl2Ge. The summed E-state index contributed by atoms with van der Waals surface area (Å²) < 4.78 is 2.52. The second-order valence-corrected chi connectivity index (χ2v) is 24.9. The zero-order valence-electron chi connectivity index (χ0n) is 21.6. The van der Waals surface area contributed by atoms with E-state index in [1.807, 2.05) is 0 Å². The second kappa shape index (κ2) is 7.28. The van der Waals surface area contributed by atoms with Gasteiger partial charge in [-0.2, -0.15) is 0 Å². The van der Waals surface area contributed by atoms with Crippen molar-refractivity contribution in [3.63, 3.8) is 0 Å². The standard InChI is InChI=1S/C28H40Cl2Ge/c1-25(2,3)17-13-19-20-14-18(26(4,5)6)16-22(28(10,11)12)24(20)31(29,30)23(19)21(15-17)27(7,8)9/h13-16H,1-12H3. The Labute approximate surface area is 201 Å². The molecule has 0 radical (unpaired) electrons.